The first kappa shape index (κ1) is 11.3. The van der Waals surface area contributed by atoms with E-state index < -0.39 is 5.97 Å². The van der Waals surface area contributed by atoms with Crippen LogP contribution in [0.4, 0.5) is 0 Å². The molecule has 0 bridgehead atoms. The summed E-state index contributed by atoms with van der Waals surface area (Å²) in [4.78, 5) is 12.4. The molecule has 1 rings (SSSR count). The molecule has 0 saturated heterocycles. The number of hydrogen-bond donors (Lipinski definition) is 1. The monoisotopic (exact) mass is 191 g/mol. The molecule has 4 heteroatoms. The van der Waals surface area contributed by atoms with Gasteiger partial charge < -0.3 is 10.0 Å². The van der Waals surface area contributed by atoms with Gasteiger partial charge in [0.15, 0.2) is 0 Å². The molecule has 0 radical (unpaired) electrons. The van der Waals surface area contributed by atoms with Gasteiger partial charge in [0.1, 0.15) is 5.70 Å². The summed E-state index contributed by atoms with van der Waals surface area (Å²) < 4.78 is 0. The van der Waals surface area contributed by atoms with Crippen molar-refractivity contribution in [2.24, 2.45) is 0 Å². The van der Waals surface area contributed by atoms with Crippen molar-refractivity contribution in [2.75, 3.05) is 7.05 Å². The fraction of sp³-hybridized carbons (Fsp3) is 0.625. The average Bonchev–Trinajstić information content (AvgIpc) is 2.68. The largest absolute Gasteiger partial charge is 0.477 e. The van der Waals surface area contributed by atoms with Crippen LogP contribution in [-0.4, -0.2) is 29.1 Å². The Balaban J connectivity index is 0.00000121. The van der Waals surface area contributed by atoms with Crippen LogP contribution in [0.15, 0.2) is 11.8 Å². The van der Waals surface area contributed by atoms with Gasteiger partial charge in [0.2, 0.25) is 0 Å². The highest BCUT2D eigenvalue weighted by atomic mass is 35.5. The number of carbonyl (C=O) groups is 1. The number of halogens is 1. The third-order valence-corrected chi connectivity index (χ3v) is 1.97. The number of allylic oxidation sites excluding steroid dienone is 1. The molecule has 0 heterocycles. The lowest BCUT2D eigenvalue weighted by Crippen LogP contribution is -2.25. The van der Waals surface area contributed by atoms with Crippen molar-refractivity contribution in [1.82, 2.24) is 4.90 Å². The van der Waals surface area contributed by atoms with Crippen molar-refractivity contribution >= 4 is 18.4 Å². The topological polar surface area (TPSA) is 40.5 Å². The van der Waals surface area contributed by atoms with Crippen molar-refractivity contribution in [2.45, 2.75) is 25.8 Å². The molecule has 1 fully saturated rings. The minimum atomic E-state index is -0.832. The number of carboxylic acid groups (broad SMARTS) is 1. The van der Waals surface area contributed by atoms with Crippen LogP contribution in [0.5, 0.6) is 0 Å². The van der Waals surface area contributed by atoms with Crippen LogP contribution < -0.4 is 0 Å². The van der Waals surface area contributed by atoms with Crippen LogP contribution in [0.3, 0.4) is 0 Å². The maximum absolute atomic E-state index is 10.6. The number of nitrogens with zero attached hydrogens (tertiary/aromatic N) is 1. The predicted octanol–water partition coefficient (Wildman–Crippen LogP) is 1.49. The van der Waals surface area contributed by atoms with Gasteiger partial charge in [-0.25, -0.2) is 4.79 Å². The maximum Gasteiger partial charge on any atom is 0.351 e. The molecule has 1 N–H and O–H groups in total. The Bertz CT molecular complexity index is 199. The molecule has 0 aromatic carbocycles. The standard InChI is InChI=1S/C8H13NO2.ClH/c1-3-7(8(10)11)9(2)6-4-5-6;/h3,6H,4-5H2,1-2H3,(H,10,11);1H/b7-3-;. The molecule has 1 aliphatic carbocycles. The van der Waals surface area contributed by atoms with Crippen LogP contribution in [0.1, 0.15) is 19.8 Å². The van der Waals surface area contributed by atoms with Crippen molar-refractivity contribution in [3.05, 3.63) is 11.8 Å². The van der Waals surface area contributed by atoms with Crippen molar-refractivity contribution in [1.29, 1.82) is 0 Å². The van der Waals surface area contributed by atoms with E-state index in [1.54, 1.807) is 13.0 Å². The number of rotatable bonds is 3. The normalized spacial score (nSPS) is 16.7. The number of aliphatic carboxylic acids is 1. The van der Waals surface area contributed by atoms with Gasteiger partial charge in [-0.1, -0.05) is 6.08 Å². The Morgan fingerprint density at radius 3 is 2.33 bits per heavy atom. The molecule has 0 aromatic heterocycles. The van der Waals surface area contributed by atoms with E-state index in [0.717, 1.165) is 12.8 Å². The zero-order chi connectivity index (χ0) is 8.43. The van der Waals surface area contributed by atoms with E-state index in [9.17, 15) is 4.79 Å². The molecule has 1 aliphatic rings. The van der Waals surface area contributed by atoms with Gasteiger partial charge >= 0.3 is 5.97 Å². The van der Waals surface area contributed by atoms with Crippen LogP contribution in [-0.2, 0) is 4.79 Å². The Kier molecular flexibility index (Phi) is 4.10. The Morgan fingerprint density at radius 1 is 1.58 bits per heavy atom. The first-order valence-electron chi connectivity index (χ1n) is 3.79. The van der Waals surface area contributed by atoms with Crippen LogP contribution in [0.25, 0.3) is 0 Å². The highest BCUT2D eigenvalue weighted by Crippen LogP contribution is 2.28. The van der Waals surface area contributed by atoms with E-state index in [1.807, 2.05) is 11.9 Å². The second-order valence-corrected chi connectivity index (χ2v) is 2.82. The van der Waals surface area contributed by atoms with Crippen LogP contribution >= 0.6 is 12.4 Å². The zero-order valence-corrected chi connectivity index (χ0v) is 8.10. The molecule has 1 saturated carbocycles. The summed E-state index contributed by atoms with van der Waals surface area (Å²) in [5.74, 6) is -0.832. The van der Waals surface area contributed by atoms with E-state index in [1.165, 1.54) is 0 Å². The van der Waals surface area contributed by atoms with Gasteiger partial charge in [-0.2, -0.15) is 0 Å². The quantitative estimate of drug-likeness (QED) is 0.688. The molecule has 0 amide bonds. The van der Waals surface area contributed by atoms with Crippen molar-refractivity contribution in [3.8, 4) is 0 Å². The Morgan fingerprint density at radius 2 is 2.08 bits per heavy atom. The van der Waals surface area contributed by atoms with E-state index >= 15 is 0 Å². The van der Waals surface area contributed by atoms with Gasteiger partial charge in [-0.3, -0.25) is 0 Å². The Labute approximate surface area is 78.5 Å². The predicted molar refractivity (Wildman–Crippen MR) is 49.4 cm³/mol. The van der Waals surface area contributed by atoms with E-state index in [2.05, 4.69) is 0 Å². The van der Waals surface area contributed by atoms with Crippen molar-refractivity contribution < 1.29 is 9.90 Å². The van der Waals surface area contributed by atoms with Crippen LogP contribution in [0, 0.1) is 0 Å². The van der Waals surface area contributed by atoms with E-state index in [0.29, 0.717) is 11.7 Å². The number of carboxylic acids is 1. The molecule has 0 atom stereocenters. The Hall–Kier alpha value is -0.700. The summed E-state index contributed by atoms with van der Waals surface area (Å²) in [6.45, 7) is 1.75. The molecule has 0 aliphatic heterocycles. The van der Waals surface area contributed by atoms with Gasteiger partial charge in [-0.15, -0.1) is 12.4 Å². The second kappa shape index (κ2) is 4.36. The lowest BCUT2D eigenvalue weighted by atomic mass is 10.3. The summed E-state index contributed by atoms with van der Waals surface area (Å²) in [5, 5.41) is 8.71. The summed E-state index contributed by atoms with van der Waals surface area (Å²) >= 11 is 0. The molecule has 12 heavy (non-hydrogen) atoms. The molecule has 0 spiro atoms. The summed E-state index contributed by atoms with van der Waals surface area (Å²) in [6, 6.07) is 0.470. The van der Waals surface area contributed by atoms with Gasteiger partial charge in [0, 0.05) is 13.1 Å². The highest BCUT2D eigenvalue weighted by molar-refractivity contribution is 5.86. The third-order valence-electron chi connectivity index (χ3n) is 1.97. The van der Waals surface area contributed by atoms with Crippen LogP contribution in [0.2, 0.25) is 0 Å². The minimum Gasteiger partial charge on any atom is -0.477 e. The zero-order valence-electron chi connectivity index (χ0n) is 7.28. The van der Waals surface area contributed by atoms with Crippen molar-refractivity contribution in [3.63, 3.8) is 0 Å². The smallest absolute Gasteiger partial charge is 0.351 e. The molecular weight excluding hydrogens is 178 g/mol. The molecule has 3 nitrogen and oxygen atoms in total. The molecule has 0 aromatic rings. The second-order valence-electron chi connectivity index (χ2n) is 2.82. The van der Waals surface area contributed by atoms with Gasteiger partial charge in [0.25, 0.3) is 0 Å². The fourth-order valence-electron chi connectivity index (χ4n) is 1.14. The number of hydrogen-bond acceptors (Lipinski definition) is 2. The first-order chi connectivity index (χ1) is 5.16. The molecule has 70 valence electrons. The van der Waals surface area contributed by atoms with Gasteiger partial charge in [-0.05, 0) is 19.8 Å². The highest BCUT2D eigenvalue weighted by Gasteiger charge is 2.29. The fourth-order valence-corrected chi connectivity index (χ4v) is 1.14. The third kappa shape index (κ3) is 2.41. The van der Waals surface area contributed by atoms with E-state index in [-0.39, 0.29) is 12.4 Å². The average molecular weight is 192 g/mol. The lowest BCUT2D eigenvalue weighted by molar-refractivity contribution is -0.134. The molecular formula is C8H14ClNO2. The maximum atomic E-state index is 10.6. The number of likely N-dealkylation sites (N-methyl/N-ethyl adjacent to an activating group) is 1. The van der Waals surface area contributed by atoms with E-state index in [4.69, 9.17) is 5.11 Å². The minimum absolute atomic E-state index is 0. The summed E-state index contributed by atoms with van der Waals surface area (Å²) in [6.07, 6.45) is 3.89. The SMILES string of the molecule is C/C=C(/C(=O)O)N(C)C1CC1.Cl. The summed E-state index contributed by atoms with van der Waals surface area (Å²) in [7, 11) is 1.83. The first-order valence-corrected chi connectivity index (χ1v) is 3.79. The van der Waals surface area contributed by atoms with Gasteiger partial charge in [0.05, 0.1) is 0 Å². The summed E-state index contributed by atoms with van der Waals surface area (Å²) in [5.41, 5.74) is 0.410. The molecule has 0 unspecified atom stereocenters. The lowest BCUT2D eigenvalue weighted by Gasteiger charge is -2.18.